The van der Waals surface area contributed by atoms with Crippen LogP contribution in [0, 0.1) is 0 Å². The summed E-state index contributed by atoms with van der Waals surface area (Å²) < 4.78 is 5.25. The Kier molecular flexibility index (Phi) is 4.04. The lowest BCUT2D eigenvalue weighted by molar-refractivity contribution is -0.120. The minimum Gasteiger partial charge on any atom is -0.378 e. The van der Waals surface area contributed by atoms with Gasteiger partial charge < -0.3 is 25.2 Å². The van der Waals surface area contributed by atoms with E-state index in [1.54, 1.807) is 34.1 Å². The number of hydrogen-bond donors (Lipinski definition) is 2. The maximum Gasteiger partial charge on any atom is 0.317 e. The van der Waals surface area contributed by atoms with Crippen molar-refractivity contribution in [1.29, 1.82) is 0 Å². The first kappa shape index (κ1) is 15.9. The van der Waals surface area contributed by atoms with Crippen molar-refractivity contribution >= 4 is 23.5 Å². The van der Waals surface area contributed by atoms with Gasteiger partial charge >= 0.3 is 6.03 Å². The number of benzene rings is 1. The molecule has 2 atom stereocenters. The summed E-state index contributed by atoms with van der Waals surface area (Å²) in [5.41, 5.74) is 1.00. The normalized spacial score (nSPS) is 25.8. The van der Waals surface area contributed by atoms with Gasteiger partial charge in [-0.15, -0.1) is 0 Å². The number of carbonyl (C=O) groups excluding carboxylic acids is 3. The molecule has 2 unspecified atom stereocenters. The molecule has 1 aromatic rings. The molecule has 2 N–H and O–H groups in total. The maximum absolute atomic E-state index is 12.8. The van der Waals surface area contributed by atoms with E-state index >= 15 is 0 Å². The molecule has 2 fully saturated rings. The van der Waals surface area contributed by atoms with Gasteiger partial charge in [-0.1, -0.05) is 12.1 Å². The van der Waals surface area contributed by atoms with Crippen LogP contribution in [0.4, 0.5) is 10.5 Å². The monoisotopic (exact) mass is 344 g/mol. The fraction of sp³-hybridized carbons (Fsp3) is 0.471. The number of nitrogens with zero attached hydrogens (tertiary/aromatic N) is 2. The van der Waals surface area contributed by atoms with E-state index in [0.29, 0.717) is 50.5 Å². The van der Waals surface area contributed by atoms with Crippen LogP contribution in [0.3, 0.4) is 0 Å². The van der Waals surface area contributed by atoms with Crippen LogP contribution in [0.15, 0.2) is 24.3 Å². The van der Waals surface area contributed by atoms with Crippen molar-refractivity contribution in [3.05, 3.63) is 29.8 Å². The second kappa shape index (κ2) is 6.36. The van der Waals surface area contributed by atoms with Gasteiger partial charge in [0.05, 0.1) is 30.5 Å². The Labute approximate surface area is 145 Å². The predicted molar refractivity (Wildman–Crippen MR) is 89.2 cm³/mol. The second-order valence-electron chi connectivity index (χ2n) is 6.42. The molecule has 0 radical (unpaired) electrons. The number of fused-ring (bicyclic) bond motifs is 2. The highest BCUT2D eigenvalue weighted by Gasteiger charge is 2.45. The van der Waals surface area contributed by atoms with Crippen LogP contribution in [0.1, 0.15) is 16.8 Å². The Bertz CT molecular complexity index is 716. The number of amides is 4. The molecule has 8 heteroatoms. The van der Waals surface area contributed by atoms with Crippen LogP contribution < -0.4 is 10.6 Å². The van der Waals surface area contributed by atoms with E-state index in [2.05, 4.69) is 10.6 Å². The molecular weight excluding hydrogens is 324 g/mol. The van der Waals surface area contributed by atoms with Gasteiger partial charge in [-0.3, -0.25) is 9.59 Å². The Hall–Kier alpha value is -2.61. The van der Waals surface area contributed by atoms with Gasteiger partial charge in [0.25, 0.3) is 5.91 Å². The van der Waals surface area contributed by atoms with Crippen molar-refractivity contribution in [2.24, 2.45) is 0 Å². The van der Waals surface area contributed by atoms with Gasteiger partial charge in [0, 0.05) is 19.6 Å². The number of hydrogen-bond acceptors (Lipinski definition) is 4. The van der Waals surface area contributed by atoms with Crippen molar-refractivity contribution in [3.8, 4) is 0 Å². The largest absolute Gasteiger partial charge is 0.378 e. The Balaban J connectivity index is 1.53. The number of carbonyl (C=O) groups is 3. The van der Waals surface area contributed by atoms with Crippen molar-refractivity contribution < 1.29 is 19.1 Å². The summed E-state index contributed by atoms with van der Waals surface area (Å²) in [5.74, 6) is -0.440. The molecule has 25 heavy (non-hydrogen) atoms. The van der Waals surface area contributed by atoms with Crippen LogP contribution in [-0.4, -0.2) is 72.6 Å². The summed E-state index contributed by atoms with van der Waals surface area (Å²) in [6, 6.07) is 5.68. The van der Waals surface area contributed by atoms with Crippen LogP contribution in [-0.2, 0) is 9.53 Å². The zero-order valence-electron chi connectivity index (χ0n) is 13.7. The van der Waals surface area contributed by atoms with E-state index < -0.39 is 12.1 Å². The van der Waals surface area contributed by atoms with Gasteiger partial charge in [-0.2, -0.15) is 0 Å². The lowest BCUT2D eigenvalue weighted by atomic mass is 10.1. The molecule has 1 aromatic carbocycles. The second-order valence-corrected chi connectivity index (χ2v) is 6.42. The van der Waals surface area contributed by atoms with Gasteiger partial charge in [-0.05, 0) is 18.6 Å². The molecule has 132 valence electrons. The highest BCUT2D eigenvalue weighted by molar-refractivity contribution is 6.10. The summed E-state index contributed by atoms with van der Waals surface area (Å²) >= 11 is 0. The molecular formula is C17H20N4O4. The van der Waals surface area contributed by atoms with E-state index in [9.17, 15) is 14.4 Å². The SMILES string of the molecule is O=C1Nc2ccccc2C(=O)N2CCC(NC(=O)N3CCOCC3)C12. The van der Waals surface area contributed by atoms with Crippen LogP contribution in [0.2, 0.25) is 0 Å². The zero-order valence-corrected chi connectivity index (χ0v) is 13.7. The van der Waals surface area contributed by atoms with Crippen LogP contribution in [0.5, 0.6) is 0 Å². The molecule has 3 heterocycles. The standard InChI is InChI=1S/C17H20N4O4/c22-15-14-13(19-17(24)20-7-9-25-10-8-20)5-6-21(14)16(23)11-3-1-2-4-12(11)18-15/h1-4,13-14H,5-10H2,(H,18,22)(H,19,24). The number of ether oxygens (including phenoxy) is 1. The number of nitrogens with one attached hydrogen (secondary N) is 2. The first-order valence-corrected chi connectivity index (χ1v) is 8.49. The summed E-state index contributed by atoms with van der Waals surface area (Å²) in [5, 5.41) is 5.75. The van der Waals surface area contributed by atoms with Crippen LogP contribution >= 0.6 is 0 Å². The minimum absolute atomic E-state index is 0.179. The molecule has 0 saturated carbocycles. The molecule has 0 aromatic heterocycles. The lowest BCUT2D eigenvalue weighted by Gasteiger charge is -2.30. The fourth-order valence-electron chi connectivity index (χ4n) is 3.65. The predicted octanol–water partition coefficient (Wildman–Crippen LogP) is 0.264. The summed E-state index contributed by atoms with van der Waals surface area (Å²) in [7, 11) is 0. The third kappa shape index (κ3) is 2.82. The minimum atomic E-state index is -0.690. The Morgan fingerprint density at radius 1 is 1.16 bits per heavy atom. The number of para-hydroxylation sites is 1. The molecule has 3 aliphatic rings. The van der Waals surface area contributed by atoms with Crippen LogP contribution in [0.25, 0.3) is 0 Å². The Morgan fingerprint density at radius 2 is 1.92 bits per heavy atom. The van der Waals surface area contributed by atoms with E-state index in [0.717, 1.165) is 0 Å². The highest BCUT2D eigenvalue weighted by atomic mass is 16.5. The fourth-order valence-corrected chi connectivity index (χ4v) is 3.65. The van der Waals surface area contributed by atoms with Gasteiger partial charge in [0.15, 0.2) is 0 Å². The summed E-state index contributed by atoms with van der Waals surface area (Å²) in [6.07, 6.45) is 0.558. The topological polar surface area (TPSA) is 91.0 Å². The number of anilines is 1. The molecule has 0 bridgehead atoms. The molecule has 2 saturated heterocycles. The van der Waals surface area contributed by atoms with E-state index in [-0.39, 0.29) is 17.8 Å². The number of rotatable bonds is 1. The summed E-state index contributed by atoms with van der Waals surface area (Å²) in [4.78, 5) is 41.2. The smallest absolute Gasteiger partial charge is 0.317 e. The molecule has 0 aliphatic carbocycles. The Morgan fingerprint density at radius 3 is 2.72 bits per heavy atom. The van der Waals surface area contributed by atoms with Gasteiger partial charge in [0.2, 0.25) is 5.91 Å². The summed E-state index contributed by atoms with van der Waals surface area (Å²) in [6.45, 7) is 2.54. The average Bonchev–Trinajstić information content (AvgIpc) is 3.01. The van der Waals surface area contributed by atoms with E-state index in [1.165, 1.54) is 0 Å². The van der Waals surface area contributed by atoms with Crippen molar-refractivity contribution in [2.75, 3.05) is 38.2 Å². The average molecular weight is 344 g/mol. The lowest BCUT2D eigenvalue weighted by Crippen LogP contribution is -2.55. The maximum atomic E-state index is 12.8. The zero-order chi connectivity index (χ0) is 17.4. The first-order valence-electron chi connectivity index (χ1n) is 8.49. The van der Waals surface area contributed by atoms with Crippen molar-refractivity contribution in [2.45, 2.75) is 18.5 Å². The molecule has 8 nitrogen and oxygen atoms in total. The third-order valence-corrected chi connectivity index (χ3v) is 4.95. The molecule has 4 amide bonds. The van der Waals surface area contributed by atoms with Crippen molar-refractivity contribution in [3.63, 3.8) is 0 Å². The number of morpholine rings is 1. The number of urea groups is 1. The first-order chi connectivity index (χ1) is 12.1. The quantitative estimate of drug-likeness (QED) is 0.765. The molecule has 3 aliphatic heterocycles. The van der Waals surface area contributed by atoms with Gasteiger partial charge in [-0.25, -0.2) is 4.79 Å². The van der Waals surface area contributed by atoms with E-state index in [1.807, 2.05) is 0 Å². The van der Waals surface area contributed by atoms with E-state index in [4.69, 9.17) is 4.74 Å². The molecule has 0 spiro atoms. The van der Waals surface area contributed by atoms with Crippen molar-refractivity contribution in [1.82, 2.24) is 15.1 Å². The third-order valence-electron chi connectivity index (χ3n) is 4.95. The van der Waals surface area contributed by atoms with Gasteiger partial charge in [0.1, 0.15) is 6.04 Å². The molecule has 4 rings (SSSR count). The highest BCUT2D eigenvalue weighted by Crippen LogP contribution is 2.29.